The van der Waals surface area contributed by atoms with E-state index in [1.54, 1.807) is 0 Å². The lowest BCUT2D eigenvalue weighted by Gasteiger charge is -2.18. The fraction of sp³-hybridized carbons (Fsp3) is 0.949. The first-order valence-corrected chi connectivity index (χ1v) is 21.7. The summed E-state index contributed by atoms with van der Waals surface area (Å²) in [6.45, 7) is 6.04. The normalized spacial score (nSPS) is 12.5. The van der Waals surface area contributed by atoms with Crippen LogP contribution >= 0.6 is 7.82 Å². The van der Waals surface area contributed by atoms with Gasteiger partial charge in [0, 0.05) is 12.8 Å². The Labute approximate surface area is 295 Å². The topological polar surface area (TPSA) is 119 Å². The van der Waals surface area contributed by atoms with Crippen LogP contribution in [0.1, 0.15) is 213 Å². The summed E-state index contributed by atoms with van der Waals surface area (Å²) in [7, 11) is -4.74. The Morgan fingerprint density at radius 3 is 1.25 bits per heavy atom. The average Bonchev–Trinajstić information content (AvgIpc) is 3.03. The fourth-order valence-corrected chi connectivity index (χ4v) is 6.39. The van der Waals surface area contributed by atoms with Gasteiger partial charge in [0.2, 0.25) is 0 Å². The van der Waals surface area contributed by atoms with Gasteiger partial charge in [0.25, 0.3) is 0 Å². The number of carbonyl (C=O) groups excluding carboxylic acids is 2. The lowest BCUT2D eigenvalue weighted by atomic mass is 10.0. The Bertz CT molecular complexity index is 769. The van der Waals surface area contributed by atoms with Crippen molar-refractivity contribution in [3.8, 4) is 0 Å². The van der Waals surface area contributed by atoms with Crippen LogP contribution in [0.25, 0.3) is 0 Å². The Kier molecular flexibility index (Phi) is 33.8. The summed E-state index contributed by atoms with van der Waals surface area (Å²) < 4.78 is 26.3. The molecule has 1 atom stereocenters. The molecule has 0 unspecified atom stereocenters. The Morgan fingerprint density at radius 1 is 0.521 bits per heavy atom. The first-order chi connectivity index (χ1) is 23.1. The molecule has 0 saturated heterocycles. The minimum atomic E-state index is -4.74. The Morgan fingerprint density at radius 2 is 0.875 bits per heavy atom. The number of rotatable bonds is 37. The van der Waals surface area contributed by atoms with Crippen LogP contribution in [-0.2, 0) is 28.2 Å². The van der Waals surface area contributed by atoms with Crippen molar-refractivity contribution in [2.24, 2.45) is 5.92 Å². The molecule has 0 rings (SSSR count). The minimum absolute atomic E-state index is 0.218. The molecular formula is C39H77O8P. The van der Waals surface area contributed by atoms with Crippen LogP contribution in [0.4, 0.5) is 0 Å². The van der Waals surface area contributed by atoms with Crippen LogP contribution in [-0.4, -0.2) is 41.0 Å². The van der Waals surface area contributed by atoms with Gasteiger partial charge in [-0.15, -0.1) is 0 Å². The third-order valence-corrected chi connectivity index (χ3v) is 9.54. The van der Waals surface area contributed by atoms with Crippen molar-refractivity contribution in [2.75, 3.05) is 13.2 Å². The molecule has 0 spiro atoms. The van der Waals surface area contributed by atoms with Crippen molar-refractivity contribution in [3.63, 3.8) is 0 Å². The van der Waals surface area contributed by atoms with Crippen molar-refractivity contribution >= 4 is 19.8 Å². The predicted molar refractivity (Wildman–Crippen MR) is 198 cm³/mol. The third kappa shape index (κ3) is 37.9. The molecule has 0 aliphatic rings. The number of unbranched alkanes of at least 4 members (excludes halogenated alkanes) is 25. The van der Waals surface area contributed by atoms with Crippen LogP contribution in [0.3, 0.4) is 0 Å². The molecule has 0 aromatic heterocycles. The van der Waals surface area contributed by atoms with Crippen molar-refractivity contribution in [1.82, 2.24) is 0 Å². The first-order valence-electron chi connectivity index (χ1n) is 20.2. The van der Waals surface area contributed by atoms with E-state index in [2.05, 4.69) is 25.3 Å². The fourth-order valence-electron chi connectivity index (χ4n) is 6.03. The van der Waals surface area contributed by atoms with E-state index in [1.807, 2.05) is 0 Å². The molecular weight excluding hydrogens is 627 g/mol. The minimum Gasteiger partial charge on any atom is -0.462 e. The predicted octanol–water partition coefficient (Wildman–Crippen LogP) is 11.9. The lowest BCUT2D eigenvalue weighted by molar-refractivity contribution is -0.161. The number of hydrogen-bond acceptors (Lipinski definition) is 6. The van der Waals surface area contributed by atoms with Gasteiger partial charge >= 0.3 is 19.8 Å². The molecule has 9 heteroatoms. The summed E-state index contributed by atoms with van der Waals surface area (Å²) in [6, 6.07) is 0. The van der Waals surface area contributed by atoms with Crippen LogP contribution in [0, 0.1) is 5.92 Å². The van der Waals surface area contributed by atoms with Gasteiger partial charge in [-0.25, -0.2) is 4.57 Å². The second kappa shape index (κ2) is 34.5. The highest BCUT2D eigenvalue weighted by Crippen LogP contribution is 2.36. The zero-order valence-corrected chi connectivity index (χ0v) is 32.5. The van der Waals surface area contributed by atoms with Gasteiger partial charge < -0.3 is 19.3 Å². The molecule has 0 fully saturated rings. The number of esters is 2. The molecule has 0 heterocycles. The van der Waals surface area contributed by atoms with Crippen molar-refractivity contribution in [1.29, 1.82) is 0 Å². The average molecular weight is 705 g/mol. The second-order valence-corrected chi connectivity index (χ2v) is 15.7. The zero-order chi connectivity index (χ0) is 35.6. The molecule has 0 bridgehead atoms. The molecule has 2 N–H and O–H groups in total. The van der Waals surface area contributed by atoms with Gasteiger partial charge in [0.05, 0.1) is 6.61 Å². The monoisotopic (exact) mass is 705 g/mol. The first kappa shape index (κ1) is 47.0. The molecule has 0 aromatic rings. The number of phosphoric ester groups is 1. The van der Waals surface area contributed by atoms with E-state index in [4.69, 9.17) is 19.3 Å². The van der Waals surface area contributed by atoms with Gasteiger partial charge in [-0.3, -0.25) is 14.1 Å². The van der Waals surface area contributed by atoms with E-state index in [0.717, 1.165) is 44.4 Å². The van der Waals surface area contributed by atoms with E-state index in [-0.39, 0.29) is 19.4 Å². The van der Waals surface area contributed by atoms with Crippen LogP contribution in [0.15, 0.2) is 0 Å². The summed E-state index contributed by atoms with van der Waals surface area (Å²) in [5.41, 5.74) is 0. The molecule has 286 valence electrons. The largest absolute Gasteiger partial charge is 0.469 e. The summed E-state index contributed by atoms with van der Waals surface area (Å²) in [4.78, 5) is 42.7. The molecule has 0 amide bonds. The molecule has 0 aromatic carbocycles. The highest BCUT2D eigenvalue weighted by Gasteiger charge is 2.22. The number of carbonyl (C=O) groups is 2. The summed E-state index contributed by atoms with van der Waals surface area (Å²) in [5.74, 6) is -0.0287. The molecule has 0 radical (unpaired) electrons. The van der Waals surface area contributed by atoms with Gasteiger partial charge in [0.15, 0.2) is 6.10 Å². The molecule has 0 saturated carbocycles. The second-order valence-electron chi connectivity index (χ2n) is 14.5. The van der Waals surface area contributed by atoms with Gasteiger partial charge in [-0.2, -0.15) is 0 Å². The van der Waals surface area contributed by atoms with Crippen LogP contribution < -0.4 is 0 Å². The van der Waals surface area contributed by atoms with Crippen molar-refractivity contribution in [2.45, 2.75) is 219 Å². The van der Waals surface area contributed by atoms with Crippen molar-refractivity contribution < 1.29 is 37.9 Å². The molecule has 0 aliphatic heterocycles. The van der Waals surface area contributed by atoms with E-state index in [1.165, 1.54) is 135 Å². The van der Waals surface area contributed by atoms with Gasteiger partial charge in [0.1, 0.15) is 6.61 Å². The number of hydrogen-bond donors (Lipinski definition) is 2. The van der Waals surface area contributed by atoms with Gasteiger partial charge in [-0.05, 0) is 18.8 Å². The molecule has 48 heavy (non-hydrogen) atoms. The maximum Gasteiger partial charge on any atom is 0.469 e. The maximum absolute atomic E-state index is 12.3. The van der Waals surface area contributed by atoms with E-state index in [0.29, 0.717) is 6.42 Å². The van der Waals surface area contributed by atoms with Crippen molar-refractivity contribution in [3.05, 3.63) is 0 Å². The van der Waals surface area contributed by atoms with Crippen LogP contribution in [0.2, 0.25) is 0 Å². The zero-order valence-electron chi connectivity index (χ0n) is 31.6. The van der Waals surface area contributed by atoms with Gasteiger partial charge in [-0.1, -0.05) is 188 Å². The summed E-state index contributed by atoms with van der Waals surface area (Å²) in [6.07, 6.45) is 34.0. The van der Waals surface area contributed by atoms with E-state index >= 15 is 0 Å². The number of ether oxygens (including phenoxy) is 2. The van der Waals surface area contributed by atoms with E-state index < -0.39 is 32.5 Å². The highest BCUT2D eigenvalue weighted by atomic mass is 31.2. The summed E-state index contributed by atoms with van der Waals surface area (Å²) in [5, 5.41) is 0. The molecule has 0 aliphatic carbocycles. The standard InChI is InChI=1S/C39H77O8P/c1-4-5-6-7-8-9-16-21-24-27-30-33-39(41)47-37(35-46-48(42,43)44)34-45-38(40)32-29-26-23-20-18-15-13-11-10-12-14-17-19-22-25-28-31-36(2)3/h36-37H,4-35H2,1-3H3,(H2,42,43,44)/t37-/m1/s1. The summed E-state index contributed by atoms with van der Waals surface area (Å²) >= 11 is 0. The third-order valence-electron chi connectivity index (χ3n) is 9.05. The number of phosphoric acid groups is 1. The quantitative estimate of drug-likeness (QED) is 0.0372. The van der Waals surface area contributed by atoms with Crippen LogP contribution in [0.5, 0.6) is 0 Å². The Hall–Kier alpha value is -0.950. The maximum atomic E-state index is 12.3. The highest BCUT2D eigenvalue weighted by molar-refractivity contribution is 7.46. The SMILES string of the molecule is CCCCCCCCCCCCCC(=O)O[C@H](COC(=O)CCCCCCCCCCCCCCCCCCC(C)C)COP(=O)(O)O. The Balaban J connectivity index is 3.83. The van der Waals surface area contributed by atoms with E-state index in [9.17, 15) is 14.2 Å². The lowest BCUT2D eigenvalue weighted by Crippen LogP contribution is -2.29. The molecule has 8 nitrogen and oxygen atoms in total. The smallest absolute Gasteiger partial charge is 0.462 e.